The number of hydrogen-bond acceptors (Lipinski definition) is 7. The van der Waals surface area contributed by atoms with Gasteiger partial charge in [0.1, 0.15) is 11.1 Å². The zero-order valence-corrected chi connectivity index (χ0v) is 13.9. The number of anilines is 1. The molecule has 0 aliphatic carbocycles. The van der Waals surface area contributed by atoms with Crippen LogP contribution in [-0.4, -0.2) is 24.6 Å². The van der Waals surface area contributed by atoms with E-state index in [-0.39, 0.29) is 33.9 Å². The van der Waals surface area contributed by atoms with Crippen LogP contribution in [0.2, 0.25) is 0 Å². The Morgan fingerprint density at radius 3 is 2.73 bits per heavy atom. The van der Waals surface area contributed by atoms with Gasteiger partial charge in [0.15, 0.2) is 0 Å². The third kappa shape index (κ3) is 3.33. The summed E-state index contributed by atoms with van der Waals surface area (Å²) < 4.78 is 40.4. The summed E-state index contributed by atoms with van der Waals surface area (Å²) in [5.74, 6) is 0.0710. The maximum Gasteiger partial charge on any atom is 0.417 e. The third-order valence-corrected chi connectivity index (χ3v) is 4.30. The molecule has 0 unspecified atom stereocenters. The standard InChI is InChI=1S/C14H10F3N7OS/c1-6-2-9(14(15,16)17)8(4-18)11(20-6)26-5-7-3-10(25)24-13(21-7)22-12(19)23-24/h2-3H,5H2,1H3,(H3,19,21,22,23). The molecule has 0 saturated carbocycles. The number of nitrogen functional groups attached to an aromatic ring is 1. The predicted molar refractivity (Wildman–Crippen MR) is 86.3 cm³/mol. The first kappa shape index (κ1) is 17.7. The first-order chi connectivity index (χ1) is 12.2. The van der Waals surface area contributed by atoms with Gasteiger partial charge in [-0.05, 0) is 13.0 Å². The Balaban J connectivity index is 1.96. The number of fused-ring (bicyclic) bond motifs is 1. The normalized spacial score (nSPS) is 11.7. The lowest BCUT2D eigenvalue weighted by Crippen LogP contribution is -2.15. The van der Waals surface area contributed by atoms with Crippen LogP contribution in [0.5, 0.6) is 0 Å². The summed E-state index contributed by atoms with van der Waals surface area (Å²) in [4.78, 5) is 23.9. The average molecular weight is 381 g/mol. The first-order valence-corrected chi connectivity index (χ1v) is 8.03. The lowest BCUT2D eigenvalue weighted by molar-refractivity contribution is -0.138. The summed E-state index contributed by atoms with van der Waals surface area (Å²) in [7, 11) is 0. The molecule has 0 amide bonds. The maximum absolute atomic E-state index is 13.1. The van der Waals surface area contributed by atoms with Crippen molar-refractivity contribution in [3.05, 3.63) is 45.0 Å². The van der Waals surface area contributed by atoms with Crippen molar-refractivity contribution in [1.29, 1.82) is 5.26 Å². The van der Waals surface area contributed by atoms with Gasteiger partial charge >= 0.3 is 6.18 Å². The molecule has 0 radical (unpaired) electrons. The minimum Gasteiger partial charge on any atom is -0.368 e. The molecule has 12 heteroatoms. The quantitative estimate of drug-likeness (QED) is 0.664. The van der Waals surface area contributed by atoms with E-state index in [1.54, 1.807) is 6.07 Å². The van der Waals surface area contributed by atoms with Gasteiger partial charge in [0, 0.05) is 17.5 Å². The average Bonchev–Trinajstić information content (AvgIpc) is 2.92. The van der Waals surface area contributed by atoms with Crippen LogP contribution in [0.4, 0.5) is 19.1 Å². The summed E-state index contributed by atoms with van der Waals surface area (Å²) in [5, 5.41) is 11.6. The molecule has 26 heavy (non-hydrogen) atoms. The molecule has 134 valence electrons. The van der Waals surface area contributed by atoms with Gasteiger partial charge in [-0.3, -0.25) is 9.89 Å². The van der Waals surface area contributed by atoms with E-state index < -0.39 is 22.9 Å². The first-order valence-electron chi connectivity index (χ1n) is 7.05. The van der Waals surface area contributed by atoms with Gasteiger partial charge in [0.05, 0.1) is 16.8 Å². The van der Waals surface area contributed by atoms with Gasteiger partial charge in [-0.15, -0.1) is 0 Å². The van der Waals surface area contributed by atoms with E-state index >= 15 is 0 Å². The summed E-state index contributed by atoms with van der Waals surface area (Å²) in [6, 6.07) is 3.58. The Morgan fingerprint density at radius 2 is 2.08 bits per heavy atom. The van der Waals surface area contributed by atoms with Gasteiger partial charge in [-0.25, -0.2) is 9.97 Å². The Morgan fingerprint density at radius 1 is 1.35 bits per heavy atom. The number of thioether (sulfide) groups is 1. The molecule has 3 aromatic heterocycles. The topological polar surface area (TPSA) is 126 Å². The molecule has 0 aliphatic rings. The number of nitrogens with one attached hydrogen (secondary N) is 1. The number of aryl methyl sites for hydroxylation is 1. The van der Waals surface area contributed by atoms with E-state index in [2.05, 4.69) is 20.1 Å². The molecule has 8 nitrogen and oxygen atoms in total. The number of rotatable bonds is 3. The Kier molecular flexibility index (Phi) is 4.33. The summed E-state index contributed by atoms with van der Waals surface area (Å²) in [6.45, 7) is 1.41. The second-order valence-corrected chi connectivity index (χ2v) is 6.18. The number of pyridine rings is 1. The molecule has 0 saturated heterocycles. The minimum absolute atomic E-state index is 0.00124. The SMILES string of the molecule is Cc1cc(C(F)(F)F)c(C#N)c(SCc2cc(=O)n3[nH]c(N)nc3n2)n1. The highest BCUT2D eigenvalue weighted by molar-refractivity contribution is 7.98. The van der Waals surface area contributed by atoms with E-state index in [4.69, 9.17) is 11.0 Å². The summed E-state index contributed by atoms with van der Waals surface area (Å²) in [6.07, 6.45) is -4.67. The molecular weight excluding hydrogens is 371 g/mol. The molecule has 0 atom stereocenters. The van der Waals surface area contributed by atoms with Crippen LogP contribution >= 0.6 is 11.8 Å². The fourth-order valence-corrected chi connectivity index (χ4v) is 3.18. The number of nitrogens with zero attached hydrogens (tertiary/aromatic N) is 5. The van der Waals surface area contributed by atoms with Gasteiger partial charge in [0.25, 0.3) is 11.3 Å². The van der Waals surface area contributed by atoms with Crippen LogP contribution in [0.3, 0.4) is 0 Å². The molecule has 0 bridgehead atoms. The number of aromatic amines is 1. The molecule has 0 fully saturated rings. The van der Waals surface area contributed by atoms with E-state index in [1.165, 1.54) is 13.0 Å². The number of nitriles is 1. The van der Waals surface area contributed by atoms with Crippen molar-refractivity contribution in [3.8, 4) is 6.07 Å². The second-order valence-electron chi connectivity index (χ2n) is 5.22. The van der Waals surface area contributed by atoms with Gasteiger partial charge in [0.2, 0.25) is 5.95 Å². The number of halogens is 3. The lowest BCUT2D eigenvalue weighted by atomic mass is 10.1. The summed E-state index contributed by atoms with van der Waals surface area (Å²) >= 11 is 0.880. The smallest absolute Gasteiger partial charge is 0.368 e. The highest BCUT2D eigenvalue weighted by Crippen LogP contribution is 2.36. The van der Waals surface area contributed by atoms with Gasteiger partial charge < -0.3 is 5.73 Å². The molecule has 3 N–H and O–H groups in total. The second kappa shape index (κ2) is 6.34. The van der Waals surface area contributed by atoms with Crippen molar-refractivity contribution in [1.82, 2.24) is 24.6 Å². The fourth-order valence-electron chi connectivity index (χ4n) is 2.24. The molecule has 0 aromatic carbocycles. The van der Waals surface area contributed by atoms with E-state index in [1.807, 2.05) is 0 Å². The Hall–Kier alpha value is -3.07. The van der Waals surface area contributed by atoms with Crippen LogP contribution in [-0.2, 0) is 11.9 Å². The van der Waals surface area contributed by atoms with Crippen molar-refractivity contribution < 1.29 is 13.2 Å². The van der Waals surface area contributed by atoms with Crippen LogP contribution < -0.4 is 11.3 Å². The molecule has 0 spiro atoms. The van der Waals surface area contributed by atoms with Crippen LogP contribution in [0.1, 0.15) is 22.5 Å². The van der Waals surface area contributed by atoms with Crippen LogP contribution in [0.15, 0.2) is 22.0 Å². The molecular formula is C14H10F3N7OS. The summed E-state index contributed by atoms with van der Waals surface area (Å²) in [5.41, 5.74) is 3.79. The largest absolute Gasteiger partial charge is 0.417 e. The molecule has 3 heterocycles. The number of alkyl halides is 3. The molecule has 3 rings (SSSR count). The maximum atomic E-state index is 13.1. The monoisotopic (exact) mass is 381 g/mol. The Labute approximate surface area is 147 Å². The van der Waals surface area contributed by atoms with Crippen LogP contribution in [0.25, 0.3) is 5.78 Å². The van der Waals surface area contributed by atoms with E-state index in [9.17, 15) is 18.0 Å². The highest BCUT2D eigenvalue weighted by atomic mass is 32.2. The van der Waals surface area contributed by atoms with Crippen molar-refractivity contribution >= 4 is 23.5 Å². The zero-order chi connectivity index (χ0) is 19.1. The highest BCUT2D eigenvalue weighted by Gasteiger charge is 2.35. The zero-order valence-electron chi connectivity index (χ0n) is 13.1. The number of H-pyrrole nitrogens is 1. The van der Waals surface area contributed by atoms with Crippen molar-refractivity contribution in [2.75, 3.05) is 5.73 Å². The van der Waals surface area contributed by atoms with Gasteiger partial charge in [-0.1, -0.05) is 11.8 Å². The van der Waals surface area contributed by atoms with Crippen molar-refractivity contribution in [2.24, 2.45) is 0 Å². The van der Waals surface area contributed by atoms with Crippen molar-refractivity contribution in [3.63, 3.8) is 0 Å². The molecule has 0 aliphatic heterocycles. The van der Waals surface area contributed by atoms with E-state index in [0.717, 1.165) is 22.3 Å². The number of hydrogen-bond donors (Lipinski definition) is 2. The van der Waals surface area contributed by atoms with E-state index in [0.29, 0.717) is 0 Å². The number of nitrogens with two attached hydrogens (primary N) is 1. The fraction of sp³-hybridized carbons (Fsp3) is 0.214. The lowest BCUT2D eigenvalue weighted by Gasteiger charge is -2.12. The van der Waals surface area contributed by atoms with Crippen LogP contribution in [0, 0.1) is 18.3 Å². The molecule has 3 aromatic rings. The number of aromatic nitrogens is 5. The predicted octanol–water partition coefficient (Wildman–Crippen LogP) is 1.89. The Bertz CT molecular complexity index is 1100. The van der Waals surface area contributed by atoms with Crippen molar-refractivity contribution in [2.45, 2.75) is 23.9 Å². The minimum atomic E-state index is -4.67. The third-order valence-electron chi connectivity index (χ3n) is 3.29. The van der Waals surface area contributed by atoms with Gasteiger partial charge in [-0.2, -0.15) is 27.9 Å².